The van der Waals surface area contributed by atoms with Gasteiger partial charge in [0.2, 0.25) is 5.95 Å². The van der Waals surface area contributed by atoms with Crippen molar-refractivity contribution < 1.29 is 0 Å². The Bertz CT molecular complexity index is 339. The molecule has 0 aromatic carbocycles. The Kier molecular flexibility index (Phi) is 5.44. The predicted octanol–water partition coefficient (Wildman–Crippen LogP) is 0.0981. The number of hydrazine groups is 1. The molecule has 1 aromatic heterocycles. The molecule has 0 aliphatic rings. The van der Waals surface area contributed by atoms with E-state index in [1.807, 2.05) is 0 Å². The summed E-state index contributed by atoms with van der Waals surface area (Å²) < 4.78 is 0. The molecule has 17 heavy (non-hydrogen) atoms. The lowest BCUT2D eigenvalue weighted by molar-refractivity contribution is 0.396. The minimum Gasteiger partial charge on any atom is -0.370 e. The Labute approximate surface area is 102 Å². The molecule has 1 heterocycles. The van der Waals surface area contributed by atoms with Crippen LogP contribution in [0.2, 0.25) is 0 Å². The van der Waals surface area contributed by atoms with Crippen molar-refractivity contribution in [3.63, 3.8) is 0 Å². The summed E-state index contributed by atoms with van der Waals surface area (Å²) in [6.07, 6.45) is 2.22. The third-order valence-corrected chi connectivity index (χ3v) is 2.23. The Morgan fingerprint density at radius 3 is 2.59 bits per heavy atom. The standard InChI is InChI=1S/C10H21N7/c1-17(2)6-4-3-5-13-8-7-9(16-12)15-10(11)14-8/h7H,3-6,12H2,1-2H3,(H4,11,13,14,15,16). The number of nitrogens with one attached hydrogen (secondary N) is 2. The number of rotatable bonds is 7. The highest BCUT2D eigenvalue weighted by atomic mass is 15.3. The summed E-state index contributed by atoms with van der Waals surface area (Å²) in [7, 11) is 4.13. The van der Waals surface area contributed by atoms with Gasteiger partial charge in [-0.25, -0.2) is 5.84 Å². The zero-order chi connectivity index (χ0) is 12.7. The molecule has 7 heteroatoms. The highest BCUT2D eigenvalue weighted by Gasteiger charge is 2.00. The molecule has 0 aliphatic heterocycles. The van der Waals surface area contributed by atoms with Gasteiger partial charge in [-0.1, -0.05) is 0 Å². The molecule has 0 spiro atoms. The van der Waals surface area contributed by atoms with E-state index in [0.29, 0.717) is 11.6 Å². The lowest BCUT2D eigenvalue weighted by Gasteiger charge is -2.10. The van der Waals surface area contributed by atoms with E-state index in [4.69, 9.17) is 11.6 Å². The van der Waals surface area contributed by atoms with Crippen molar-refractivity contribution in [2.45, 2.75) is 12.8 Å². The van der Waals surface area contributed by atoms with E-state index in [0.717, 1.165) is 25.9 Å². The molecule has 0 fully saturated rings. The van der Waals surface area contributed by atoms with Gasteiger partial charge in [0.15, 0.2) is 0 Å². The third-order valence-electron chi connectivity index (χ3n) is 2.23. The molecule has 7 nitrogen and oxygen atoms in total. The maximum atomic E-state index is 5.54. The molecule has 0 radical (unpaired) electrons. The van der Waals surface area contributed by atoms with Crippen LogP contribution in [0.25, 0.3) is 0 Å². The van der Waals surface area contributed by atoms with Gasteiger partial charge in [-0.15, -0.1) is 0 Å². The van der Waals surface area contributed by atoms with Crippen molar-refractivity contribution in [1.29, 1.82) is 0 Å². The highest BCUT2D eigenvalue weighted by Crippen LogP contribution is 2.11. The molecule has 0 saturated carbocycles. The molecule has 1 aromatic rings. The number of hydrogen-bond acceptors (Lipinski definition) is 7. The second-order valence-corrected chi connectivity index (χ2v) is 4.08. The van der Waals surface area contributed by atoms with Crippen LogP contribution in [0.5, 0.6) is 0 Å². The second-order valence-electron chi connectivity index (χ2n) is 4.08. The number of nitrogen functional groups attached to an aromatic ring is 2. The van der Waals surface area contributed by atoms with Gasteiger partial charge in [0.1, 0.15) is 11.6 Å². The first-order chi connectivity index (χ1) is 8.11. The Morgan fingerprint density at radius 2 is 1.94 bits per heavy atom. The minimum atomic E-state index is 0.205. The number of nitrogens with two attached hydrogens (primary N) is 2. The Hall–Kier alpha value is -1.60. The maximum Gasteiger partial charge on any atom is 0.223 e. The summed E-state index contributed by atoms with van der Waals surface area (Å²) in [5.41, 5.74) is 7.99. The topological polar surface area (TPSA) is 105 Å². The summed E-state index contributed by atoms with van der Waals surface area (Å²) in [6, 6.07) is 1.72. The zero-order valence-corrected chi connectivity index (χ0v) is 10.4. The zero-order valence-electron chi connectivity index (χ0n) is 10.4. The van der Waals surface area contributed by atoms with Gasteiger partial charge in [-0.3, -0.25) is 0 Å². The SMILES string of the molecule is CN(C)CCCCNc1cc(NN)nc(N)n1. The largest absolute Gasteiger partial charge is 0.370 e. The van der Waals surface area contributed by atoms with E-state index in [-0.39, 0.29) is 5.95 Å². The van der Waals surface area contributed by atoms with Crippen molar-refractivity contribution in [2.75, 3.05) is 43.7 Å². The number of nitrogens with zero attached hydrogens (tertiary/aromatic N) is 3. The predicted molar refractivity (Wildman–Crippen MR) is 70.5 cm³/mol. The maximum absolute atomic E-state index is 5.54. The lowest BCUT2D eigenvalue weighted by Crippen LogP contribution is -2.15. The molecule has 0 aliphatic carbocycles. The minimum absolute atomic E-state index is 0.205. The van der Waals surface area contributed by atoms with Gasteiger partial charge >= 0.3 is 0 Å². The van der Waals surface area contributed by atoms with Crippen LogP contribution in [0.15, 0.2) is 6.07 Å². The molecule has 96 valence electrons. The average Bonchev–Trinajstić information content (AvgIpc) is 2.27. The summed E-state index contributed by atoms with van der Waals surface area (Å²) in [5.74, 6) is 6.67. The van der Waals surface area contributed by atoms with Gasteiger partial charge < -0.3 is 21.4 Å². The van der Waals surface area contributed by atoms with Crippen LogP contribution in [0, 0.1) is 0 Å². The first-order valence-corrected chi connectivity index (χ1v) is 5.61. The van der Waals surface area contributed by atoms with Crippen molar-refractivity contribution >= 4 is 17.6 Å². The van der Waals surface area contributed by atoms with Crippen molar-refractivity contribution in [1.82, 2.24) is 14.9 Å². The molecule has 0 amide bonds. The van der Waals surface area contributed by atoms with Crippen molar-refractivity contribution in [3.05, 3.63) is 6.07 Å². The third kappa shape index (κ3) is 5.32. The van der Waals surface area contributed by atoms with Gasteiger partial charge in [0.05, 0.1) is 0 Å². The fraction of sp³-hybridized carbons (Fsp3) is 0.600. The Balaban J connectivity index is 2.33. The molecule has 6 N–H and O–H groups in total. The van der Waals surface area contributed by atoms with Gasteiger partial charge in [0.25, 0.3) is 0 Å². The summed E-state index contributed by atoms with van der Waals surface area (Å²) >= 11 is 0. The smallest absolute Gasteiger partial charge is 0.223 e. The number of hydrogen-bond donors (Lipinski definition) is 4. The fourth-order valence-corrected chi connectivity index (χ4v) is 1.40. The van der Waals surface area contributed by atoms with Gasteiger partial charge in [-0.2, -0.15) is 9.97 Å². The number of anilines is 3. The quantitative estimate of drug-likeness (QED) is 0.304. The summed E-state index contributed by atoms with van der Waals surface area (Å²) in [4.78, 5) is 10.1. The fourth-order valence-electron chi connectivity index (χ4n) is 1.40. The second kappa shape index (κ2) is 6.87. The number of aromatic nitrogens is 2. The molecular formula is C10H21N7. The van der Waals surface area contributed by atoms with Crippen molar-refractivity contribution in [2.24, 2.45) is 5.84 Å². The van der Waals surface area contributed by atoms with Crippen LogP contribution in [-0.4, -0.2) is 42.1 Å². The molecule has 0 saturated heterocycles. The van der Waals surface area contributed by atoms with Gasteiger partial charge in [-0.05, 0) is 33.5 Å². The molecule has 0 bridgehead atoms. The van der Waals surface area contributed by atoms with Crippen LogP contribution >= 0.6 is 0 Å². The van der Waals surface area contributed by atoms with Crippen LogP contribution in [-0.2, 0) is 0 Å². The van der Waals surface area contributed by atoms with Crippen LogP contribution < -0.4 is 22.3 Å². The van der Waals surface area contributed by atoms with E-state index in [1.54, 1.807) is 6.07 Å². The summed E-state index contributed by atoms with van der Waals surface area (Å²) in [5, 5.41) is 3.19. The highest BCUT2D eigenvalue weighted by molar-refractivity contribution is 5.50. The first-order valence-electron chi connectivity index (χ1n) is 5.61. The van der Waals surface area contributed by atoms with Crippen LogP contribution in [0.1, 0.15) is 12.8 Å². The van der Waals surface area contributed by atoms with Crippen LogP contribution in [0.3, 0.4) is 0 Å². The average molecular weight is 239 g/mol. The Morgan fingerprint density at radius 1 is 1.24 bits per heavy atom. The first kappa shape index (κ1) is 13.5. The molecular weight excluding hydrogens is 218 g/mol. The van der Waals surface area contributed by atoms with Crippen molar-refractivity contribution in [3.8, 4) is 0 Å². The normalized spacial score (nSPS) is 10.6. The molecule has 0 atom stereocenters. The van der Waals surface area contributed by atoms with E-state index < -0.39 is 0 Å². The molecule has 0 unspecified atom stereocenters. The van der Waals surface area contributed by atoms with Gasteiger partial charge in [0, 0.05) is 12.6 Å². The van der Waals surface area contributed by atoms with E-state index >= 15 is 0 Å². The van der Waals surface area contributed by atoms with E-state index in [9.17, 15) is 0 Å². The number of unbranched alkanes of at least 4 members (excludes halogenated alkanes) is 1. The molecule has 1 rings (SSSR count). The van der Waals surface area contributed by atoms with Crippen LogP contribution in [0.4, 0.5) is 17.6 Å². The summed E-state index contributed by atoms with van der Waals surface area (Å²) in [6.45, 7) is 1.94. The van der Waals surface area contributed by atoms with E-state index in [2.05, 4.69) is 39.7 Å². The lowest BCUT2D eigenvalue weighted by atomic mass is 10.3. The van der Waals surface area contributed by atoms with E-state index in [1.165, 1.54) is 0 Å². The monoisotopic (exact) mass is 239 g/mol.